The molecule has 1 saturated heterocycles. The maximum Gasteiger partial charge on any atom is 0.254 e. The van der Waals surface area contributed by atoms with Crippen LogP contribution < -0.4 is 4.74 Å². The Morgan fingerprint density at radius 2 is 2.24 bits per heavy atom. The van der Waals surface area contributed by atoms with Crippen molar-refractivity contribution in [3.05, 3.63) is 29.8 Å². The van der Waals surface area contributed by atoms with Crippen LogP contribution in [0.4, 0.5) is 0 Å². The first-order chi connectivity index (χ1) is 9.87. The summed E-state index contributed by atoms with van der Waals surface area (Å²) in [4.78, 5) is 14.3. The SMILES string of the molecule is CC(C)COc1cccc(C(=O)N2CCCC(C)(O)C2)c1. The molecule has 0 saturated carbocycles. The third kappa shape index (κ3) is 4.46. The van der Waals surface area contributed by atoms with Crippen molar-refractivity contribution in [1.82, 2.24) is 4.90 Å². The molecular formula is C17H25NO3. The third-order valence-electron chi connectivity index (χ3n) is 3.63. The molecule has 4 heteroatoms. The number of amides is 1. The zero-order valence-corrected chi connectivity index (χ0v) is 13.1. The Labute approximate surface area is 126 Å². The van der Waals surface area contributed by atoms with Gasteiger partial charge in [0.05, 0.1) is 12.2 Å². The molecule has 1 atom stereocenters. The maximum atomic E-state index is 12.5. The van der Waals surface area contributed by atoms with Crippen molar-refractivity contribution in [2.45, 2.75) is 39.2 Å². The molecule has 1 aromatic rings. The van der Waals surface area contributed by atoms with Crippen LogP contribution in [0.2, 0.25) is 0 Å². The minimum atomic E-state index is -0.778. The Kier molecular flexibility index (Phi) is 4.88. The fraction of sp³-hybridized carbons (Fsp3) is 0.588. The van der Waals surface area contributed by atoms with Gasteiger partial charge in [-0.05, 0) is 43.9 Å². The average molecular weight is 291 g/mol. The van der Waals surface area contributed by atoms with Gasteiger partial charge in [-0.15, -0.1) is 0 Å². The Morgan fingerprint density at radius 1 is 1.48 bits per heavy atom. The number of carbonyl (C=O) groups excluding carboxylic acids is 1. The largest absolute Gasteiger partial charge is 0.493 e. The quantitative estimate of drug-likeness (QED) is 0.928. The molecule has 1 aliphatic heterocycles. The molecule has 1 heterocycles. The van der Waals surface area contributed by atoms with Crippen LogP contribution in [0.5, 0.6) is 5.75 Å². The zero-order chi connectivity index (χ0) is 15.5. The molecule has 0 aliphatic carbocycles. The summed E-state index contributed by atoms with van der Waals surface area (Å²) in [6.45, 7) is 7.69. The highest BCUT2D eigenvalue weighted by Crippen LogP contribution is 2.23. The molecule has 1 unspecified atom stereocenters. The van der Waals surface area contributed by atoms with Crippen LogP contribution in [-0.2, 0) is 0 Å². The maximum absolute atomic E-state index is 12.5. The molecule has 0 spiro atoms. The topological polar surface area (TPSA) is 49.8 Å². The summed E-state index contributed by atoms with van der Waals surface area (Å²) in [7, 11) is 0. The lowest BCUT2D eigenvalue weighted by atomic mass is 9.94. The van der Waals surface area contributed by atoms with E-state index in [1.54, 1.807) is 24.0 Å². The standard InChI is InChI=1S/C17H25NO3/c1-13(2)11-21-15-7-4-6-14(10-15)16(19)18-9-5-8-17(3,20)12-18/h4,6-7,10,13,20H,5,8-9,11-12H2,1-3H3. The fourth-order valence-electron chi connectivity index (χ4n) is 2.56. The van der Waals surface area contributed by atoms with Crippen molar-refractivity contribution in [2.75, 3.05) is 19.7 Å². The minimum Gasteiger partial charge on any atom is -0.493 e. The first kappa shape index (κ1) is 15.8. The van der Waals surface area contributed by atoms with Gasteiger partial charge in [0, 0.05) is 18.7 Å². The van der Waals surface area contributed by atoms with Crippen LogP contribution in [0.1, 0.15) is 44.0 Å². The summed E-state index contributed by atoms with van der Waals surface area (Å²) in [6.07, 6.45) is 1.58. The van der Waals surface area contributed by atoms with Crippen molar-refractivity contribution in [3.8, 4) is 5.75 Å². The number of hydrogen-bond acceptors (Lipinski definition) is 3. The van der Waals surface area contributed by atoms with Crippen molar-refractivity contribution >= 4 is 5.91 Å². The lowest BCUT2D eigenvalue weighted by Crippen LogP contribution is -2.48. The highest BCUT2D eigenvalue weighted by Gasteiger charge is 2.31. The Hall–Kier alpha value is -1.55. The highest BCUT2D eigenvalue weighted by atomic mass is 16.5. The summed E-state index contributed by atoms with van der Waals surface area (Å²) >= 11 is 0. The molecule has 0 radical (unpaired) electrons. The number of nitrogens with zero attached hydrogens (tertiary/aromatic N) is 1. The molecular weight excluding hydrogens is 266 g/mol. The molecule has 4 nitrogen and oxygen atoms in total. The van der Waals surface area contributed by atoms with Gasteiger partial charge >= 0.3 is 0 Å². The average Bonchev–Trinajstić information content (AvgIpc) is 2.43. The predicted octanol–water partition coefficient (Wildman–Crippen LogP) is 2.71. The van der Waals surface area contributed by atoms with Crippen molar-refractivity contribution in [2.24, 2.45) is 5.92 Å². The van der Waals surface area contributed by atoms with E-state index >= 15 is 0 Å². The van der Waals surface area contributed by atoms with Crippen LogP contribution in [0.25, 0.3) is 0 Å². The first-order valence-corrected chi connectivity index (χ1v) is 7.62. The van der Waals surface area contributed by atoms with Gasteiger partial charge in [-0.2, -0.15) is 0 Å². The molecule has 1 N–H and O–H groups in total. The molecule has 21 heavy (non-hydrogen) atoms. The highest BCUT2D eigenvalue weighted by molar-refractivity contribution is 5.94. The molecule has 1 aromatic carbocycles. The summed E-state index contributed by atoms with van der Waals surface area (Å²) < 4.78 is 5.67. The second-order valence-electron chi connectivity index (χ2n) is 6.56. The van der Waals surface area contributed by atoms with E-state index in [0.717, 1.165) is 18.6 Å². The number of ether oxygens (including phenoxy) is 1. The molecule has 0 aromatic heterocycles. The van der Waals surface area contributed by atoms with Crippen LogP contribution in [0.3, 0.4) is 0 Å². The molecule has 1 aliphatic rings. The predicted molar refractivity (Wildman–Crippen MR) is 82.5 cm³/mol. The number of aliphatic hydroxyl groups is 1. The van der Waals surface area contributed by atoms with E-state index in [2.05, 4.69) is 13.8 Å². The Balaban J connectivity index is 2.06. The summed E-state index contributed by atoms with van der Waals surface area (Å²) in [6, 6.07) is 7.29. The van der Waals surface area contributed by atoms with E-state index in [9.17, 15) is 9.90 Å². The molecule has 2 rings (SSSR count). The normalized spacial score (nSPS) is 22.4. The number of piperidine rings is 1. The van der Waals surface area contributed by atoms with Crippen molar-refractivity contribution in [1.29, 1.82) is 0 Å². The van der Waals surface area contributed by atoms with E-state index in [1.807, 2.05) is 12.1 Å². The molecule has 116 valence electrons. The van der Waals surface area contributed by atoms with Gasteiger partial charge in [0.2, 0.25) is 0 Å². The molecule has 1 amide bonds. The third-order valence-corrected chi connectivity index (χ3v) is 3.63. The number of β-amino-alcohol motifs (C(OH)–C–C–N with tert-alkyl or cyclic N) is 1. The Bertz CT molecular complexity index is 497. The molecule has 1 fully saturated rings. The van der Waals surface area contributed by atoms with Gasteiger partial charge in [0.25, 0.3) is 5.91 Å². The minimum absolute atomic E-state index is 0.0371. The van der Waals surface area contributed by atoms with E-state index in [1.165, 1.54) is 0 Å². The van der Waals surface area contributed by atoms with Crippen molar-refractivity contribution in [3.63, 3.8) is 0 Å². The van der Waals surface area contributed by atoms with Gasteiger partial charge < -0.3 is 14.7 Å². The van der Waals surface area contributed by atoms with E-state index in [0.29, 0.717) is 31.2 Å². The van der Waals surface area contributed by atoms with Gasteiger partial charge in [0.15, 0.2) is 0 Å². The van der Waals surface area contributed by atoms with Gasteiger partial charge in [-0.3, -0.25) is 4.79 Å². The van der Waals surface area contributed by atoms with Crippen LogP contribution in [0.15, 0.2) is 24.3 Å². The number of benzene rings is 1. The lowest BCUT2D eigenvalue weighted by Gasteiger charge is -2.36. The van der Waals surface area contributed by atoms with Crippen molar-refractivity contribution < 1.29 is 14.6 Å². The van der Waals surface area contributed by atoms with E-state index in [4.69, 9.17) is 4.74 Å². The number of likely N-dealkylation sites (tertiary alicyclic amines) is 1. The van der Waals surface area contributed by atoms with Crippen LogP contribution in [0, 0.1) is 5.92 Å². The zero-order valence-electron chi connectivity index (χ0n) is 13.1. The fourth-order valence-corrected chi connectivity index (χ4v) is 2.56. The summed E-state index contributed by atoms with van der Waals surface area (Å²) in [5, 5.41) is 10.1. The van der Waals surface area contributed by atoms with Crippen LogP contribution in [-0.4, -0.2) is 41.2 Å². The summed E-state index contributed by atoms with van der Waals surface area (Å²) in [5.41, 5.74) is -0.159. The number of rotatable bonds is 4. The second-order valence-corrected chi connectivity index (χ2v) is 6.56. The van der Waals surface area contributed by atoms with Gasteiger partial charge in [-0.25, -0.2) is 0 Å². The number of carbonyl (C=O) groups is 1. The van der Waals surface area contributed by atoms with E-state index in [-0.39, 0.29) is 5.91 Å². The summed E-state index contributed by atoms with van der Waals surface area (Å²) in [5.74, 6) is 1.13. The van der Waals surface area contributed by atoms with E-state index < -0.39 is 5.60 Å². The smallest absolute Gasteiger partial charge is 0.254 e. The first-order valence-electron chi connectivity index (χ1n) is 7.62. The lowest BCUT2D eigenvalue weighted by molar-refractivity contribution is -0.0107. The Morgan fingerprint density at radius 3 is 2.90 bits per heavy atom. The van der Waals surface area contributed by atoms with Gasteiger partial charge in [-0.1, -0.05) is 19.9 Å². The second kappa shape index (κ2) is 6.48. The monoisotopic (exact) mass is 291 g/mol. The number of hydrogen-bond donors (Lipinski definition) is 1. The van der Waals surface area contributed by atoms with Gasteiger partial charge in [0.1, 0.15) is 5.75 Å². The molecule has 0 bridgehead atoms. The van der Waals surface area contributed by atoms with Crippen LogP contribution >= 0.6 is 0 Å².